The van der Waals surface area contributed by atoms with Crippen molar-refractivity contribution >= 4 is 17.7 Å². The first-order valence-electron chi connectivity index (χ1n) is 7.21. The number of aromatic nitrogens is 2. The highest BCUT2D eigenvalue weighted by Gasteiger charge is 2.13. The third-order valence-electron chi connectivity index (χ3n) is 3.12. The van der Waals surface area contributed by atoms with Crippen molar-refractivity contribution in [3.63, 3.8) is 0 Å². The fourth-order valence-corrected chi connectivity index (χ4v) is 2.46. The van der Waals surface area contributed by atoms with Crippen LogP contribution in [0.1, 0.15) is 0 Å². The van der Waals surface area contributed by atoms with Crippen molar-refractivity contribution < 1.29 is 23.1 Å². The minimum Gasteiger partial charge on any atom is -0.497 e. The lowest BCUT2D eigenvalue weighted by Crippen LogP contribution is -2.11. The van der Waals surface area contributed by atoms with Crippen molar-refractivity contribution in [1.29, 1.82) is 0 Å². The Labute approximate surface area is 147 Å². The van der Waals surface area contributed by atoms with Crippen LogP contribution >= 0.6 is 11.8 Å². The van der Waals surface area contributed by atoms with Crippen LogP contribution in [0.2, 0.25) is 0 Å². The van der Waals surface area contributed by atoms with Crippen LogP contribution in [0.4, 0.5) is 4.39 Å². The second kappa shape index (κ2) is 7.80. The first kappa shape index (κ1) is 17.0. The van der Waals surface area contributed by atoms with Crippen LogP contribution in [0.15, 0.2) is 58.2 Å². The Morgan fingerprint density at radius 2 is 1.92 bits per heavy atom. The number of rotatable bonds is 6. The van der Waals surface area contributed by atoms with E-state index in [1.807, 2.05) is 0 Å². The molecule has 0 spiro atoms. The van der Waals surface area contributed by atoms with Crippen LogP contribution in [-0.4, -0.2) is 29.0 Å². The van der Waals surface area contributed by atoms with Gasteiger partial charge in [0.1, 0.15) is 11.5 Å². The molecule has 0 atom stereocenters. The Hall–Kier alpha value is -2.87. The molecule has 1 aromatic heterocycles. The van der Waals surface area contributed by atoms with Crippen LogP contribution < -0.4 is 9.47 Å². The highest BCUT2D eigenvalue weighted by atomic mass is 32.2. The first-order chi connectivity index (χ1) is 12.2. The van der Waals surface area contributed by atoms with Crippen LogP contribution in [0.25, 0.3) is 11.5 Å². The molecule has 3 rings (SSSR count). The van der Waals surface area contributed by atoms with Crippen molar-refractivity contribution in [2.45, 2.75) is 5.22 Å². The predicted molar refractivity (Wildman–Crippen MR) is 89.0 cm³/mol. The summed E-state index contributed by atoms with van der Waals surface area (Å²) in [5.74, 6) is -0.364. The fraction of sp³-hybridized carbons (Fsp3) is 0.118. The summed E-state index contributed by atoms with van der Waals surface area (Å²) < 4.78 is 28.9. The van der Waals surface area contributed by atoms with E-state index in [1.165, 1.54) is 18.2 Å². The fourth-order valence-electron chi connectivity index (χ4n) is 1.92. The molecule has 0 saturated carbocycles. The topological polar surface area (TPSA) is 74.5 Å². The van der Waals surface area contributed by atoms with Gasteiger partial charge in [-0.25, -0.2) is 4.39 Å². The Kier molecular flexibility index (Phi) is 5.30. The van der Waals surface area contributed by atoms with Crippen molar-refractivity contribution in [3.8, 4) is 23.0 Å². The second-order valence-corrected chi connectivity index (χ2v) is 5.72. The SMILES string of the molecule is COc1ccc(-c2nnc(SCC(=O)Oc3ccccc3F)o2)cc1. The summed E-state index contributed by atoms with van der Waals surface area (Å²) in [6.45, 7) is 0. The van der Waals surface area contributed by atoms with E-state index in [-0.39, 0.29) is 16.7 Å². The van der Waals surface area contributed by atoms with Gasteiger partial charge in [-0.05, 0) is 36.4 Å². The van der Waals surface area contributed by atoms with Gasteiger partial charge in [0.25, 0.3) is 5.22 Å². The van der Waals surface area contributed by atoms with Gasteiger partial charge >= 0.3 is 5.97 Å². The van der Waals surface area contributed by atoms with Gasteiger partial charge in [-0.1, -0.05) is 23.9 Å². The van der Waals surface area contributed by atoms with Crippen molar-refractivity contribution in [2.24, 2.45) is 0 Å². The van der Waals surface area contributed by atoms with E-state index in [0.29, 0.717) is 11.6 Å². The first-order valence-corrected chi connectivity index (χ1v) is 8.20. The molecule has 0 N–H and O–H groups in total. The Bertz CT molecular complexity index is 867. The van der Waals surface area contributed by atoms with E-state index in [4.69, 9.17) is 13.9 Å². The number of halogens is 1. The molecular formula is C17H13FN2O4S. The molecule has 3 aromatic rings. The largest absolute Gasteiger partial charge is 0.497 e. The number of benzene rings is 2. The number of ether oxygens (including phenoxy) is 2. The van der Waals surface area contributed by atoms with E-state index in [0.717, 1.165) is 17.3 Å². The molecule has 2 aromatic carbocycles. The van der Waals surface area contributed by atoms with Crippen molar-refractivity contribution in [1.82, 2.24) is 10.2 Å². The van der Waals surface area contributed by atoms with Crippen LogP contribution in [0.3, 0.4) is 0 Å². The second-order valence-electron chi connectivity index (χ2n) is 4.79. The van der Waals surface area contributed by atoms with Gasteiger partial charge in [0.2, 0.25) is 5.89 Å². The van der Waals surface area contributed by atoms with Crippen LogP contribution in [0, 0.1) is 5.82 Å². The average molecular weight is 360 g/mol. The minimum atomic E-state index is -0.612. The molecule has 128 valence electrons. The Morgan fingerprint density at radius 3 is 2.64 bits per heavy atom. The van der Waals surface area contributed by atoms with Gasteiger partial charge in [0, 0.05) is 5.56 Å². The van der Waals surface area contributed by atoms with E-state index in [1.54, 1.807) is 37.4 Å². The third-order valence-corrected chi connectivity index (χ3v) is 3.91. The summed E-state index contributed by atoms with van der Waals surface area (Å²) in [7, 11) is 1.58. The number of carbonyl (C=O) groups is 1. The standard InChI is InChI=1S/C17H13FN2O4S/c1-22-12-8-6-11(7-9-12)16-19-20-17(24-16)25-10-15(21)23-14-5-3-2-4-13(14)18/h2-9H,10H2,1H3. The predicted octanol–water partition coefficient (Wildman–Crippen LogP) is 3.58. The molecule has 8 heteroatoms. The zero-order valence-electron chi connectivity index (χ0n) is 13.1. The highest BCUT2D eigenvalue weighted by Crippen LogP contribution is 2.25. The Morgan fingerprint density at radius 1 is 1.16 bits per heavy atom. The van der Waals surface area contributed by atoms with Gasteiger partial charge in [-0.2, -0.15) is 0 Å². The molecule has 1 heterocycles. The van der Waals surface area contributed by atoms with Crippen LogP contribution in [0.5, 0.6) is 11.5 Å². The summed E-state index contributed by atoms with van der Waals surface area (Å²) in [5, 5.41) is 8.01. The van der Waals surface area contributed by atoms with Gasteiger partial charge < -0.3 is 13.9 Å². The van der Waals surface area contributed by atoms with Crippen molar-refractivity contribution in [3.05, 3.63) is 54.3 Å². The molecule has 0 radical (unpaired) electrons. The van der Waals surface area contributed by atoms with E-state index in [9.17, 15) is 9.18 Å². The number of para-hydroxylation sites is 1. The maximum atomic E-state index is 13.4. The molecule has 6 nitrogen and oxygen atoms in total. The Balaban J connectivity index is 1.58. The average Bonchev–Trinajstić information content (AvgIpc) is 3.11. The molecule has 0 saturated heterocycles. The van der Waals surface area contributed by atoms with Gasteiger partial charge in [-0.3, -0.25) is 4.79 Å². The summed E-state index contributed by atoms with van der Waals surface area (Å²) in [6.07, 6.45) is 0. The number of methoxy groups -OCH3 is 1. The number of hydrogen-bond acceptors (Lipinski definition) is 7. The smallest absolute Gasteiger partial charge is 0.321 e. The molecule has 0 fully saturated rings. The number of nitrogens with zero attached hydrogens (tertiary/aromatic N) is 2. The molecule has 0 unspecified atom stereocenters. The summed E-state index contributed by atoms with van der Waals surface area (Å²) in [4.78, 5) is 11.8. The molecule has 0 aliphatic heterocycles. The third kappa shape index (κ3) is 4.36. The lowest BCUT2D eigenvalue weighted by Gasteiger charge is -2.03. The molecule has 0 bridgehead atoms. The summed E-state index contributed by atoms with van der Waals surface area (Å²) in [5.41, 5.74) is 0.731. The number of thioether (sulfide) groups is 1. The molecule has 0 aliphatic rings. The van der Waals surface area contributed by atoms with Crippen LogP contribution in [-0.2, 0) is 4.79 Å². The van der Waals surface area contributed by atoms with Gasteiger partial charge in [0.05, 0.1) is 7.11 Å². The molecule has 0 amide bonds. The zero-order valence-corrected chi connectivity index (χ0v) is 14.0. The van der Waals surface area contributed by atoms with Gasteiger partial charge in [0.15, 0.2) is 11.6 Å². The quantitative estimate of drug-likeness (QED) is 0.378. The molecular weight excluding hydrogens is 347 g/mol. The summed E-state index contributed by atoms with van der Waals surface area (Å²) >= 11 is 1.01. The van der Waals surface area contributed by atoms with E-state index in [2.05, 4.69) is 10.2 Å². The van der Waals surface area contributed by atoms with E-state index >= 15 is 0 Å². The molecule has 0 aliphatic carbocycles. The monoisotopic (exact) mass is 360 g/mol. The maximum Gasteiger partial charge on any atom is 0.321 e. The number of carbonyl (C=O) groups excluding carboxylic acids is 1. The van der Waals surface area contributed by atoms with Gasteiger partial charge in [-0.15, -0.1) is 10.2 Å². The summed E-state index contributed by atoms with van der Waals surface area (Å²) in [6, 6.07) is 12.8. The zero-order chi connectivity index (χ0) is 17.6. The van der Waals surface area contributed by atoms with E-state index < -0.39 is 11.8 Å². The van der Waals surface area contributed by atoms with Crippen molar-refractivity contribution in [2.75, 3.05) is 12.9 Å². The lowest BCUT2D eigenvalue weighted by molar-refractivity contribution is -0.131. The lowest BCUT2D eigenvalue weighted by atomic mass is 10.2. The number of hydrogen-bond donors (Lipinski definition) is 0. The molecule has 25 heavy (non-hydrogen) atoms. The highest BCUT2D eigenvalue weighted by molar-refractivity contribution is 7.99. The maximum absolute atomic E-state index is 13.4. The normalized spacial score (nSPS) is 10.5. The number of esters is 1. The minimum absolute atomic E-state index is 0.0847.